The second-order valence-corrected chi connectivity index (χ2v) is 8.53. The molecule has 2 aromatic carbocycles. The van der Waals surface area contributed by atoms with E-state index in [-0.39, 0.29) is 11.3 Å². The van der Waals surface area contributed by atoms with E-state index < -0.39 is 17.7 Å². The Labute approximate surface area is 197 Å². The van der Waals surface area contributed by atoms with Crippen molar-refractivity contribution >= 4 is 34.7 Å². The Morgan fingerprint density at radius 3 is 2.24 bits per heavy atom. The molecule has 1 N–H and O–H groups in total. The quantitative estimate of drug-likeness (QED) is 0.333. The average Bonchev–Trinajstić information content (AvgIpc) is 3.08. The maximum Gasteiger partial charge on any atom is 0.295 e. The Hall–Kier alpha value is -3.64. The molecule has 0 aliphatic carbocycles. The van der Waals surface area contributed by atoms with Crippen LogP contribution in [0.25, 0.3) is 5.76 Å². The van der Waals surface area contributed by atoms with E-state index in [1.54, 1.807) is 24.3 Å². The van der Waals surface area contributed by atoms with Crippen LogP contribution >= 0.6 is 11.6 Å². The van der Waals surface area contributed by atoms with Gasteiger partial charge in [-0.25, -0.2) is 0 Å². The maximum atomic E-state index is 13.1. The summed E-state index contributed by atoms with van der Waals surface area (Å²) in [6.07, 6.45) is 3.62. The standard InChI is InChI=1S/C26H24ClN3O3/c1-29(2)21-9-5-18(6-10-21)23-22(24(31)19-11-14-28-15-12-19)25(32)26(33)30(23)16-13-17-3-7-20(27)8-4-17/h3-12,14-15,23,31H,13,16H2,1-2H3/b24-22-. The molecule has 1 aliphatic rings. The lowest BCUT2D eigenvalue weighted by Gasteiger charge is -2.26. The first kappa shape index (κ1) is 22.6. The molecule has 0 radical (unpaired) electrons. The highest BCUT2D eigenvalue weighted by atomic mass is 35.5. The molecule has 4 rings (SSSR count). The Morgan fingerprint density at radius 1 is 1.00 bits per heavy atom. The molecule has 1 saturated heterocycles. The normalized spacial score (nSPS) is 17.4. The third-order valence-electron chi connectivity index (χ3n) is 5.77. The lowest BCUT2D eigenvalue weighted by Crippen LogP contribution is -2.31. The van der Waals surface area contributed by atoms with Gasteiger partial charge in [-0.05, 0) is 53.9 Å². The van der Waals surface area contributed by atoms with Gasteiger partial charge in [0.15, 0.2) is 0 Å². The smallest absolute Gasteiger partial charge is 0.295 e. The molecule has 2 heterocycles. The van der Waals surface area contributed by atoms with Gasteiger partial charge in [0, 0.05) is 49.3 Å². The highest BCUT2D eigenvalue weighted by Crippen LogP contribution is 2.39. The largest absolute Gasteiger partial charge is 0.507 e. The van der Waals surface area contributed by atoms with Gasteiger partial charge >= 0.3 is 0 Å². The summed E-state index contributed by atoms with van der Waals surface area (Å²) in [7, 11) is 3.88. The molecule has 3 aromatic rings. The molecule has 0 spiro atoms. The van der Waals surface area contributed by atoms with E-state index in [9.17, 15) is 14.7 Å². The molecule has 7 heteroatoms. The third-order valence-corrected chi connectivity index (χ3v) is 6.03. The van der Waals surface area contributed by atoms with Crippen molar-refractivity contribution in [2.45, 2.75) is 12.5 Å². The van der Waals surface area contributed by atoms with Gasteiger partial charge in [-0.15, -0.1) is 0 Å². The minimum absolute atomic E-state index is 0.0832. The first-order valence-corrected chi connectivity index (χ1v) is 10.9. The minimum atomic E-state index is -0.693. The van der Waals surface area contributed by atoms with Crippen molar-refractivity contribution in [3.05, 3.63) is 100 Å². The van der Waals surface area contributed by atoms with Crippen molar-refractivity contribution in [3.63, 3.8) is 0 Å². The van der Waals surface area contributed by atoms with Crippen LogP contribution in [0.4, 0.5) is 5.69 Å². The number of amides is 1. The number of carbonyl (C=O) groups excluding carboxylic acids is 2. The lowest BCUT2D eigenvalue weighted by molar-refractivity contribution is -0.139. The van der Waals surface area contributed by atoms with E-state index in [2.05, 4.69) is 4.98 Å². The van der Waals surface area contributed by atoms with Crippen LogP contribution in [0.3, 0.4) is 0 Å². The zero-order valence-electron chi connectivity index (χ0n) is 18.4. The summed E-state index contributed by atoms with van der Waals surface area (Å²) in [4.78, 5) is 33.6. The van der Waals surface area contributed by atoms with E-state index in [0.717, 1.165) is 16.8 Å². The summed E-state index contributed by atoms with van der Waals surface area (Å²) in [5.41, 5.74) is 3.27. The first-order chi connectivity index (χ1) is 15.9. The molecule has 6 nitrogen and oxygen atoms in total. The van der Waals surface area contributed by atoms with Crippen LogP contribution in [0.15, 0.2) is 78.6 Å². The topological polar surface area (TPSA) is 73.7 Å². The van der Waals surface area contributed by atoms with Crippen molar-refractivity contribution in [1.29, 1.82) is 0 Å². The van der Waals surface area contributed by atoms with Crippen molar-refractivity contribution in [2.75, 3.05) is 25.5 Å². The monoisotopic (exact) mass is 461 g/mol. The van der Waals surface area contributed by atoms with Crippen LogP contribution in [0, 0.1) is 0 Å². The van der Waals surface area contributed by atoms with Gasteiger partial charge in [0.25, 0.3) is 11.7 Å². The number of hydrogen-bond donors (Lipinski definition) is 1. The highest BCUT2D eigenvalue weighted by Gasteiger charge is 2.45. The zero-order valence-corrected chi connectivity index (χ0v) is 19.2. The van der Waals surface area contributed by atoms with Gasteiger partial charge in [-0.2, -0.15) is 0 Å². The number of nitrogens with zero attached hydrogens (tertiary/aromatic N) is 3. The fourth-order valence-corrected chi connectivity index (χ4v) is 4.10. The first-order valence-electron chi connectivity index (χ1n) is 10.6. The molecule has 1 fully saturated rings. The summed E-state index contributed by atoms with van der Waals surface area (Å²) in [6, 6.07) is 17.6. The Balaban J connectivity index is 1.76. The summed E-state index contributed by atoms with van der Waals surface area (Å²) in [5, 5.41) is 11.7. The van der Waals surface area contributed by atoms with E-state index in [1.807, 2.05) is 55.4 Å². The number of likely N-dealkylation sites (tertiary alicyclic amines) is 1. The minimum Gasteiger partial charge on any atom is -0.507 e. The molecule has 0 bridgehead atoms. The summed E-state index contributed by atoms with van der Waals surface area (Å²) < 4.78 is 0. The van der Waals surface area contributed by atoms with Crippen LogP contribution in [0.1, 0.15) is 22.7 Å². The van der Waals surface area contributed by atoms with Crippen LogP contribution in [-0.4, -0.2) is 47.3 Å². The number of rotatable bonds is 6. The molecule has 1 unspecified atom stereocenters. The molecule has 0 saturated carbocycles. The molecular weight excluding hydrogens is 438 g/mol. The number of benzene rings is 2. The van der Waals surface area contributed by atoms with Gasteiger partial charge in [0.1, 0.15) is 5.76 Å². The number of Topliss-reactive ketones (excluding diaryl/α,β-unsaturated/α-hetero) is 1. The molecule has 1 aliphatic heterocycles. The molecule has 33 heavy (non-hydrogen) atoms. The van der Waals surface area contributed by atoms with Crippen molar-refractivity contribution in [3.8, 4) is 0 Å². The Bertz CT molecular complexity index is 1190. The third kappa shape index (κ3) is 4.61. The van der Waals surface area contributed by atoms with E-state index in [1.165, 1.54) is 17.3 Å². The molecular formula is C26H24ClN3O3. The number of aliphatic hydroxyl groups is 1. The lowest BCUT2D eigenvalue weighted by atomic mass is 9.95. The fourth-order valence-electron chi connectivity index (χ4n) is 3.98. The number of ketones is 1. The van der Waals surface area contributed by atoms with E-state index >= 15 is 0 Å². The van der Waals surface area contributed by atoms with Gasteiger partial charge in [-0.1, -0.05) is 35.9 Å². The van der Waals surface area contributed by atoms with Crippen molar-refractivity contribution in [1.82, 2.24) is 9.88 Å². The summed E-state index contributed by atoms with van der Waals surface area (Å²) in [5.74, 6) is -1.52. The number of hydrogen-bond acceptors (Lipinski definition) is 5. The summed E-state index contributed by atoms with van der Waals surface area (Å²) >= 11 is 5.98. The van der Waals surface area contributed by atoms with Gasteiger partial charge in [0.2, 0.25) is 0 Å². The zero-order chi connectivity index (χ0) is 23.5. The van der Waals surface area contributed by atoms with Gasteiger partial charge in [-0.3, -0.25) is 14.6 Å². The van der Waals surface area contributed by atoms with Gasteiger partial charge in [0.05, 0.1) is 11.6 Å². The number of aromatic nitrogens is 1. The number of carbonyl (C=O) groups is 2. The number of pyridine rings is 1. The Kier molecular flexibility index (Phi) is 6.47. The predicted molar refractivity (Wildman–Crippen MR) is 129 cm³/mol. The number of aliphatic hydroxyl groups excluding tert-OH is 1. The Morgan fingerprint density at radius 2 is 1.64 bits per heavy atom. The van der Waals surface area contributed by atoms with Crippen LogP contribution < -0.4 is 4.90 Å². The second-order valence-electron chi connectivity index (χ2n) is 8.09. The number of anilines is 1. The van der Waals surface area contributed by atoms with Crippen molar-refractivity contribution in [2.24, 2.45) is 0 Å². The second kappa shape index (κ2) is 9.46. The molecule has 1 amide bonds. The van der Waals surface area contributed by atoms with Crippen LogP contribution in [0.2, 0.25) is 5.02 Å². The molecule has 1 atom stereocenters. The predicted octanol–water partition coefficient (Wildman–Crippen LogP) is 4.47. The van der Waals surface area contributed by atoms with Crippen LogP contribution in [-0.2, 0) is 16.0 Å². The SMILES string of the molecule is CN(C)c1ccc(C2/C(=C(/O)c3ccncc3)C(=O)C(=O)N2CCc2ccc(Cl)cc2)cc1. The van der Waals surface area contributed by atoms with Crippen molar-refractivity contribution < 1.29 is 14.7 Å². The fraction of sp³-hybridized carbons (Fsp3) is 0.192. The average molecular weight is 462 g/mol. The van der Waals surface area contributed by atoms with E-state index in [0.29, 0.717) is 23.6 Å². The molecule has 168 valence electrons. The van der Waals surface area contributed by atoms with E-state index in [4.69, 9.17) is 11.6 Å². The number of halogens is 1. The van der Waals surface area contributed by atoms with Crippen LogP contribution in [0.5, 0.6) is 0 Å². The highest BCUT2D eigenvalue weighted by molar-refractivity contribution is 6.46. The summed E-state index contributed by atoms with van der Waals surface area (Å²) in [6.45, 7) is 0.319. The van der Waals surface area contributed by atoms with Gasteiger partial charge < -0.3 is 14.9 Å². The maximum absolute atomic E-state index is 13.1. The molecule has 1 aromatic heterocycles.